The molecule has 0 saturated heterocycles. The number of hydrogen-bond acceptors (Lipinski definition) is 6. The highest BCUT2D eigenvalue weighted by atomic mass is 16.6. The number of aromatic nitrogens is 2. The Hall–Kier alpha value is -3.75. The maximum absolute atomic E-state index is 12.1. The van der Waals surface area contributed by atoms with E-state index in [1.807, 2.05) is 6.92 Å². The molecule has 138 valence electrons. The molecule has 0 fully saturated rings. The van der Waals surface area contributed by atoms with E-state index >= 15 is 0 Å². The fourth-order valence-corrected chi connectivity index (χ4v) is 2.42. The van der Waals surface area contributed by atoms with Crippen LogP contribution in [0.4, 0.5) is 5.82 Å². The molecule has 1 amide bonds. The summed E-state index contributed by atoms with van der Waals surface area (Å²) in [5.41, 5.74) is 4.42. The molecule has 0 bridgehead atoms. The average molecular weight is 367 g/mol. The Morgan fingerprint density at radius 2 is 2.04 bits per heavy atom. The van der Waals surface area contributed by atoms with Crippen LogP contribution in [0.3, 0.4) is 0 Å². The summed E-state index contributed by atoms with van der Waals surface area (Å²) in [7, 11) is 0. The van der Waals surface area contributed by atoms with Crippen LogP contribution >= 0.6 is 0 Å². The van der Waals surface area contributed by atoms with Crippen molar-refractivity contribution in [2.75, 3.05) is 0 Å². The molecular weight excluding hydrogens is 350 g/mol. The van der Waals surface area contributed by atoms with E-state index in [-0.39, 0.29) is 11.7 Å². The molecule has 0 aliphatic carbocycles. The molecule has 0 aliphatic rings. The van der Waals surface area contributed by atoms with Crippen molar-refractivity contribution in [1.29, 1.82) is 0 Å². The van der Waals surface area contributed by atoms with Crippen LogP contribution in [-0.2, 0) is 6.54 Å². The molecule has 2 heterocycles. The zero-order valence-corrected chi connectivity index (χ0v) is 14.7. The van der Waals surface area contributed by atoms with E-state index in [9.17, 15) is 14.9 Å². The molecule has 27 heavy (non-hydrogen) atoms. The van der Waals surface area contributed by atoms with E-state index in [2.05, 4.69) is 15.6 Å². The number of nitrogens with zero attached hydrogens (tertiary/aromatic N) is 4. The molecule has 0 radical (unpaired) electrons. The van der Waals surface area contributed by atoms with Crippen molar-refractivity contribution >= 4 is 17.9 Å². The minimum Gasteiger partial charge on any atom is -0.460 e. The number of nitro groups is 1. The van der Waals surface area contributed by atoms with Crippen LogP contribution in [0.15, 0.2) is 52.0 Å². The minimum atomic E-state index is -0.526. The van der Waals surface area contributed by atoms with Gasteiger partial charge in [0.1, 0.15) is 11.5 Å². The standard InChI is InChI=1S/C18H17N5O4/c1-12-9-17(23(25)26)21-22(12)11-14-4-6-15(7-5-14)18(24)20-19-10-16-8-3-13(2)27-16/h3-10H,11H2,1-2H3,(H,20,24). The summed E-state index contributed by atoms with van der Waals surface area (Å²) >= 11 is 0. The summed E-state index contributed by atoms with van der Waals surface area (Å²) in [5, 5.41) is 18.6. The first-order valence-electron chi connectivity index (χ1n) is 8.10. The Morgan fingerprint density at radius 1 is 1.30 bits per heavy atom. The van der Waals surface area contributed by atoms with Crippen LogP contribution in [0, 0.1) is 24.0 Å². The summed E-state index contributed by atoms with van der Waals surface area (Å²) < 4.78 is 6.86. The Kier molecular flexibility index (Phi) is 5.11. The second kappa shape index (κ2) is 7.65. The number of nitrogens with one attached hydrogen (secondary N) is 1. The van der Waals surface area contributed by atoms with Crippen molar-refractivity contribution in [3.05, 3.63) is 80.9 Å². The quantitative estimate of drug-likeness (QED) is 0.408. The molecule has 0 spiro atoms. The lowest BCUT2D eigenvalue weighted by Crippen LogP contribution is -2.17. The van der Waals surface area contributed by atoms with Crippen LogP contribution in [0.25, 0.3) is 0 Å². The molecule has 9 nitrogen and oxygen atoms in total. The van der Waals surface area contributed by atoms with E-state index in [1.54, 1.807) is 48.0 Å². The first-order chi connectivity index (χ1) is 12.9. The predicted molar refractivity (Wildman–Crippen MR) is 97.7 cm³/mol. The molecule has 0 atom stereocenters. The van der Waals surface area contributed by atoms with E-state index in [1.165, 1.54) is 12.3 Å². The van der Waals surface area contributed by atoms with Gasteiger partial charge < -0.3 is 14.5 Å². The van der Waals surface area contributed by atoms with Crippen LogP contribution in [0.2, 0.25) is 0 Å². The first kappa shape index (κ1) is 18.1. The van der Waals surface area contributed by atoms with Gasteiger partial charge >= 0.3 is 5.82 Å². The zero-order valence-electron chi connectivity index (χ0n) is 14.7. The Labute approximate surface area is 154 Å². The molecule has 3 aromatic rings. The van der Waals surface area contributed by atoms with Gasteiger partial charge in [0.05, 0.1) is 29.6 Å². The molecule has 1 N–H and O–H groups in total. The monoisotopic (exact) mass is 367 g/mol. The third-order valence-corrected chi connectivity index (χ3v) is 3.82. The van der Waals surface area contributed by atoms with Crippen molar-refractivity contribution in [3.8, 4) is 0 Å². The van der Waals surface area contributed by atoms with Crippen molar-refractivity contribution in [2.24, 2.45) is 5.10 Å². The number of carbonyl (C=O) groups excluding carboxylic acids is 1. The van der Waals surface area contributed by atoms with Gasteiger partial charge in [-0.15, -0.1) is 0 Å². The maximum atomic E-state index is 12.1. The third kappa shape index (κ3) is 4.46. The van der Waals surface area contributed by atoms with Gasteiger partial charge in [0.25, 0.3) is 5.91 Å². The molecule has 0 saturated carbocycles. The zero-order chi connectivity index (χ0) is 19.4. The molecule has 1 aromatic carbocycles. The van der Waals surface area contributed by atoms with E-state index in [0.717, 1.165) is 11.3 Å². The number of hydrazone groups is 1. The Balaban J connectivity index is 1.62. The number of amides is 1. The van der Waals surface area contributed by atoms with Gasteiger partial charge in [0.15, 0.2) is 0 Å². The van der Waals surface area contributed by atoms with Gasteiger partial charge in [-0.3, -0.25) is 4.79 Å². The summed E-state index contributed by atoms with van der Waals surface area (Å²) in [5.74, 6) is 0.767. The van der Waals surface area contributed by atoms with Gasteiger partial charge in [-0.2, -0.15) is 9.78 Å². The van der Waals surface area contributed by atoms with Crippen LogP contribution in [0.5, 0.6) is 0 Å². The highest BCUT2D eigenvalue weighted by Crippen LogP contribution is 2.13. The van der Waals surface area contributed by atoms with Gasteiger partial charge in [0, 0.05) is 5.56 Å². The second-order valence-corrected chi connectivity index (χ2v) is 5.90. The van der Waals surface area contributed by atoms with Crippen molar-refractivity contribution in [3.63, 3.8) is 0 Å². The third-order valence-electron chi connectivity index (χ3n) is 3.82. The summed E-state index contributed by atoms with van der Waals surface area (Å²) in [4.78, 5) is 22.4. The lowest BCUT2D eigenvalue weighted by molar-refractivity contribution is -0.389. The lowest BCUT2D eigenvalue weighted by atomic mass is 10.1. The normalized spacial score (nSPS) is 11.0. The minimum absolute atomic E-state index is 0.187. The van der Waals surface area contributed by atoms with E-state index < -0.39 is 4.92 Å². The highest BCUT2D eigenvalue weighted by Gasteiger charge is 2.15. The van der Waals surface area contributed by atoms with Crippen molar-refractivity contribution in [2.45, 2.75) is 20.4 Å². The first-order valence-corrected chi connectivity index (χ1v) is 8.10. The number of carbonyl (C=O) groups is 1. The average Bonchev–Trinajstić information content (AvgIpc) is 3.21. The van der Waals surface area contributed by atoms with Crippen LogP contribution < -0.4 is 5.43 Å². The topological polar surface area (TPSA) is 116 Å². The Morgan fingerprint density at radius 3 is 2.63 bits per heavy atom. The number of hydrogen-bond donors (Lipinski definition) is 1. The number of aryl methyl sites for hydroxylation is 2. The van der Waals surface area contributed by atoms with E-state index in [0.29, 0.717) is 23.6 Å². The molecule has 0 aliphatic heterocycles. The van der Waals surface area contributed by atoms with Gasteiger partial charge in [-0.05, 0) is 48.6 Å². The predicted octanol–water partition coefficient (Wildman–Crippen LogP) is 2.81. The van der Waals surface area contributed by atoms with Crippen molar-refractivity contribution < 1.29 is 14.1 Å². The van der Waals surface area contributed by atoms with Crippen molar-refractivity contribution in [1.82, 2.24) is 15.2 Å². The summed E-state index contributed by atoms with van der Waals surface area (Å²) in [6.07, 6.45) is 1.42. The number of rotatable bonds is 6. The smallest absolute Gasteiger partial charge is 0.390 e. The molecule has 0 unspecified atom stereocenters. The maximum Gasteiger partial charge on any atom is 0.390 e. The SMILES string of the molecule is Cc1ccc(C=NNC(=O)c2ccc(Cn3nc([N+](=O)[O-])cc3C)cc2)o1. The fourth-order valence-electron chi connectivity index (χ4n) is 2.42. The molecular formula is C18H17N5O4. The van der Waals surface area contributed by atoms with Crippen LogP contribution in [0.1, 0.15) is 33.1 Å². The van der Waals surface area contributed by atoms with Crippen LogP contribution in [-0.4, -0.2) is 26.8 Å². The summed E-state index contributed by atoms with van der Waals surface area (Å²) in [6, 6.07) is 11.8. The van der Waals surface area contributed by atoms with Gasteiger partial charge in [-0.25, -0.2) is 5.43 Å². The summed E-state index contributed by atoms with van der Waals surface area (Å²) in [6.45, 7) is 3.94. The molecule has 2 aromatic heterocycles. The fraction of sp³-hybridized carbons (Fsp3) is 0.167. The van der Waals surface area contributed by atoms with Gasteiger partial charge in [0.2, 0.25) is 0 Å². The van der Waals surface area contributed by atoms with Gasteiger partial charge in [-0.1, -0.05) is 12.1 Å². The second-order valence-electron chi connectivity index (χ2n) is 5.90. The molecule has 3 rings (SSSR count). The number of benzene rings is 1. The van der Waals surface area contributed by atoms with E-state index in [4.69, 9.17) is 4.42 Å². The Bertz CT molecular complexity index is 1000. The molecule has 9 heteroatoms. The highest BCUT2D eigenvalue weighted by molar-refractivity contribution is 5.94. The largest absolute Gasteiger partial charge is 0.460 e. The number of furan rings is 1. The lowest BCUT2D eigenvalue weighted by Gasteiger charge is -2.03.